The van der Waals surface area contributed by atoms with Crippen LogP contribution in [0.25, 0.3) is 21.1 Å². The fourth-order valence-corrected chi connectivity index (χ4v) is 4.59. The Bertz CT molecular complexity index is 1310. The number of halogens is 1. The van der Waals surface area contributed by atoms with Gasteiger partial charge in [-0.05, 0) is 59.0 Å². The predicted octanol–water partition coefficient (Wildman–Crippen LogP) is 5.75. The Morgan fingerprint density at radius 2 is 1.93 bits per heavy atom. The number of para-hydroxylation sites is 1. The van der Waals surface area contributed by atoms with Gasteiger partial charge < -0.3 is 10.3 Å². The number of carbonyl (C=O) groups excluding carboxylic acids is 1. The van der Waals surface area contributed by atoms with Crippen molar-refractivity contribution >= 4 is 72.3 Å². The van der Waals surface area contributed by atoms with Crippen molar-refractivity contribution in [1.82, 2.24) is 15.0 Å². The Balaban J connectivity index is 1.53. The highest BCUT2D eigenvalue weighted by atomic mass is 127. The summed E-state index contributed by atoms with van der Waals surface area (Å²) in [5.41, 5.74) is 2.47. The first kappa shape index (κ1) is 17.3. The van der Waals surface area contributed by atoms with Crippen molar-refractivity contribution in [1.29, 1.82) is 0 Å². The Kier molecular flexibility index (Phi) is 4.33. The third-order valence-electron chi connectivity index (χ3n) is 4.42. The van der Waals surface area contributed by atoms with Gasteiger partial charge in [-0.1, -0.05) is 24.3 Å². The van der Waals surface area contributed by atoms with E-state index in [4.69, 9.17) is 0 Å². The number of fused-ring (bicyclic) bond motifs is 2. The third kappa shape index (κ3) is 3.16. The quantitative estimate of drug-likeness (QED) is 0.246. The van der Waals surface area contributed by atoms with E-state index in [1.165, 1.54) is 17.7 Å². The lowest BCUT2D eigenvalue weighted by Crippen LogP contribution is -1.98. The lowest BCUT2D eigenvalue weighted by molar-refractivity contribution is 0.103. The van der Waals surface area contributed by atoms with Crippen molar-refractivity contribution in [2.24, 2.45) is 0 Å². The number of benzene rings is 2. The Morgan fingerprint density at radius 1 is 1.04 bits per heavy atom. The van der Waals surface area contributed by atoms with Gasteiger partial charge in [0.05, 0.1) is 16.0 Å². The van der Waals surface area contributed by atoms with Gasteiger partial charge in [-0.2, -0.15) is 0 Å². The summed E-state index contributed by atoms with van der Waals surface area (Å²) in [6.07, 6.45) is 1.52. The minimum atomic E-state index is -0.0422. The fourth-order valence-electron chi connectivity index (χ4n) is 3.10. The van der Waals surface area contributed by atoms with Crippen molar-refractivity contribution in [3.63, 3.8) is 0 Å². The lowest BCUT2D eigenvalue weighted by atomic mass is 10.2. The smallest absolute Gasteiger partial charge is 0.219 e. The van der Waals surface area contributed by atoms with Crippen LogP contribution in [0, 0.1) is 3.57 Å². The van der Waals surface area contributed by atoms with Gasteiger partial charge in [0.25, 0.3) is 0 Å². The van der Waals surface area contributed by atoms with E-state index in [2.05, 4.69) is 42.9 Å². The number of anilines is 2. The molecule has 0 atom stereocenters. The van der Waals surface area contributed by atoms with E-state index in [0.717, 1.165) is 30.4 Å². The molecule has 0 saturated carbocycles. The van der Waals surface area contributed by atoms with Crippen LogP contribution in [0.3, 0.4) is 0 Å². The maximum atomic E-state index is 13.0. The van der Waals surface area contributed by atoms with E-state index < -0.39 is 0 Å². The van der Waals surface area contributed by atoms with E-state index in [-0.39, 0.29) is 5.78 Å². The molecule has 28 heavy (non-hydrogen) atoms. The van der Waals surface area contributed by atoms with E-state index in [9.17, 15) is 4.79 Å². The minimum absolute atomic E-state index is 0.0422. The van der Waals surface area contributed by atoms with Crippen LogP contribution in [-0.2, 0) is 0 Å². The number of H-pyrrole nitrogens is 1. The topological polar surface area (TPSA) is 70.7 Å². The van der Waals surface area contributed by atoms with Crippen LogP contribution >= 0.6 is 33.9 Å². The van der Waals surface area contributed by atoms with Gasteiger partial charge in [-0.15, -0.1) is 11.3 Å². The zero-order valence-electron chi connectivity index (χ0n) is 14.4. The molecule has 2 N–H and O–H groups in total. The number of rotatable bonds is 4. The molecule has 7 heteroatoms. The van der Waals surface area contributed by atoms with Gasteiger partial charge >= 0.3 is 0 Å². The normalized spacial score (nSPS) is 11.2. The number of hydrogen-bond donors (Lipinski definition) is 2. The first-order valence-electron chi connectivity index (χ1n) is 8.57. The van der Waals surface area contributed by atoms with Gasteiger partial charge in [0.1, 0.15) is 17.0 Å². The second kappa shape index (κ2) is 6.99. The van der Waals surface area contributed by atoms with E-state index in [1.54, 1.807) is 0 Å². The van der Waals surface area contributed by atoms with Crippen LogP contribution in [0.2, 0.25) is 0 Å². The second-order valence-electron chi connectivity index (χ2n) is 6.29. The monoisotopic (exact) mass is 496 g/mol. The van der Waals surface area contributed by atoms with E-state index >= 15 is 0 Å². The van der Waals surface area contributed by atoms with Crippen LogP contribution in [0.4, 0.5) is 11.5 Å². The summed E-state index contributed by atoms with van der Waals surface area (Å²) in [6, 6.07) is 19.7. The zero-order chi connectivity index (χ0) is 19.1. The number of aromatic nitrogens is 3. The number of nitrogens with zero attached hydrogens (tertiary/aromatic N) is 2. The predicted molar refractivity (Wildman–Crippen MR) is 122 cm³/mol. The molecule has 0 bridgehead atoms. The van der Waals surface area contributed by atoms with Crippen molar-refractivity contribution in [3.05, 3.63) is 81.1 Å². The van der Waals surface area contributed by atoms with Crippen molar-refractivity contribution in [2.45, 2.75) is 0 Å². The fraction of sp³-hybridized carbons (Fsp3) is 0. The lowest BCUT2D eigenvalue weighted by Gasteiger charge is -2.06. The van der Waals surface area contributed by atoms with Gasteiger partial charge in [0.2, 0.25) is 5.78 Å². The van der Waals surface area contributed by atoms with Crippen LogP contribution in [0.15, 0.2) is 67.0 Å². The molecule has 3 heterocycles. The number of hydrogen-bond acceptors (Lipinski definition) is 5. The summed E-state index contributed by atoms with van der Waals surface area (Å²) in [6.45, 7) is 0. The summed E-state index contributed by atoms with van der Waals surface area (Å²) in [7, 11) is 0. The molecule has 0 aliphatic carbocycles. The maximum Gasteiger partial charge on any atom is 0.219 e. The summed E-state index contributed by atoms with van der Waals surface area (Å²) < 4.78 is 1.13. The highest BCUT2D eigenvalue weighted by molar-refractivity contribution is 14.1. The number of ketones is 1. The number of carbonyl (C=O) groups is 1. The molecule has 0 spiro atoms. The summed E-state index contributed by atoms with van der Waals surface area (Å²) >= 11 is 3.65. The van der Waals surface area contributed by atoms with Crippen LogP contribution in [0.1, 0.15) is 15.4 Å². The SMILES string of the molecule is O=C(c1cc2ccccc2[nH]1)c1cc2c(Nc3cccc(I)c3)ncnc2s1. The van der Waals surface area contributed by atoms with Gasteiger partial charge in [-0.3, -0.25) is 4.79 Å². The number of thiophene rings is 1. The molecule has 0 saturated heterocycles. The standard InChI is InChI=1S/C21H13IN4OS/c22-13-5-3-6-14(9-13)25-20-15-10-18(28-21(15)24-11-23-20)19(27)17-8-12-4-1-2-7-16(12)26-17/h1-11,26H,(H,23,24,25). The zero-order valence-corrected chi connectivity index (χ0v) is 17.4. The molecule has 0 amide bonds. The average molecular weight is 496 g/mol. The number of nitrogens with one attached hydrogen (secondary N) is 2. The van der Waals surface area contributed by atoms with Gasteiger partial charge in [-0.25, -0.2) is 9.97 Å². The third-order valence-corrected chi connectivity index (χ3v) is 6.13. The highest BCUT2D eigenvalue weighted by Gasteiger charge is 2.17. The summed E-state index contributed by atoms with van der Waals surface area (Å²) in [5, 5.41) is 5.19. The molecule has 0 fully saturated rings. The molecule has 5 nitrogen and oxygen atoms in total. The van der Waals surface area contributed by atoms with Crippen LogP contribution in [0.5, 0.6) is 0 Å². The molecule has 2 aromatic carbocycles. The van der Waals surface area contributed by atoms with Crippen molar-refractivity contribution in [2.75, 3.05) is 5.32 Å². The Morgan fingerprint density at radius 3 is 2.79 bits per heavy atom. The van der Waals surface area contributed by atoms with E-state index in [1.807, 2.05) is 60.7 Å². The molecule has 5 aromatic rings. The van der Waals surface area contributed by atoms with Gasteiger partial charge in [0.15, 0.2) is 0 Å². The molecular formula is C21H13IN4OS. The maximum absolute atomic E-state index is 13.0. The first-order chi connectivity index (χ1) is 13.7. The molecule has 0 unspecified atom stereocenters. The summed E-state index contributed by atoms with van der Waals surface area (Å²) in [4.78, 5) is 26.3. The van der Waals surface area contributed by atoms with Crippen molar-refractivity contribution in [3.8, 4) is 0 Å². The van der Waals surface area contributed by atoms with Gasteiger partial charge in [0, 0.05) is 20.2 Å². The summed E-state index contributed by atoms with van der Waals surface area (Å²) in [5.74, 6) is 0.651. The molecular weight excluding hydrogens is 483 g/mol. The highest BCUT2D eigenvalue weighted by Crippen LogP contribution is 2.31. The largest absolute Gasteiger partial charge is 0.352 e. The molecule has 0 aliphatic heterocycles. The van der Waals surface area contributed by atoms with Crippen LogP contribution < -0.4 is 5.32 Å². The second-order valence-corrected chi connectivity index (χ2v) is 8.56. The molecule has 5 rings (SSSR count). The van der Waals surface area contributed by atoms with E-state index in [0.29, 0.717) is 16.4 Å². The first-order valence-corrected chi connectivity index (χ1v) is 10.5. The van der Waals surface area contributed by atoms with Crippen molar-refractivity contribution < 1.29 is 4.79 Å². The molecule has 136 valence electrons. The Labute approximate surface area is 178 Å². The van der Waals surface area contributed by atoms with Crippen LogP contribution in [-0.4, -0.2) is 20.7 Å². The number of aromatic amines is 1. The minimum Gasteiger partial charge on any atom is -0.352 e. The molecule has 0 radical (unpaired) electrons. The molecule has 0 aliphatic rings. The average Bonchev–Trinajstić information content (AvgIpc) is 3.32. The molecule has 3 aromatic heterocycles. The Hall–Kier alpha value is -2.78.